The van der Waals surface area contributed by atoms with Crippen LogP contribution >= 0.6 is 0 Å². The van der Waals surface area contributed by atoms with Gasteiger partial charge in [0.15, 0.2) is 23.5 Å². The van der Waals surface area contributed by atoms with Crippen molar-refractivity contribution in [3.8, 4) is 5.75 Å². The van der Waals surface area contributed by atoms with Crippen molar-refractivity contribution in [2.24, 2.45) is 0 Å². The zero-order valence-electron chi connectivity index (χ0n) is 11.0. The number of halogens is 1. The Hall–Kier alpha value is -1.95. The van der Waals surface area contributed by atoms with Crippen LogP contribution in [0.5, 0.6) is 5.75 Å². The van der Waals surface area contributed by atoms with Crippen LogP contribution in [0.4, 0.5) is 4.39 Å². The number of ether oxygens (including phenoxy) is 2. The molecule has 5 nitrogen and oxygen atoms in total. The molecule has 19 heavy (non-hydrogen) atoms. The van der Waals surface area contributed by atoms with E-state index in [1.54, 1.807) is 19.1 Å². The standard InChI is InChI=1S/C13H15FN2O3/c1-8-4-5-10(14)11(6-8)18-9(2)13-15-12(7-17-3)16-19-13/h4-6,9H,7H2,1-3H3/t9-/m1/s1. The van der Waals surface area contributed by atoms with Crippen LogP contribution in [0, 0.1) is 12.7 Å². The van der Waals surface area contributed by atoms with Crippen molar-refractivity contribution in [1.82, 2.24) is 10.1 Å². The average Bonchev–Trinajstić information content (AvgIpc) is 2.83. The molecule has 0 N–H and O–H groups in total. The summed E-state index contributed by atoms with van der Waals surface area (Å²) in [7, 11) is 1.54. The summed E-state index contributed by atoms with van der Waals surface area (Å²) in [6.45, 7) is 3.83. The van der Waals surface area contributed by atoms with E-state index in [1.807, 2.05) is 6.92 Å². The highest BCUT2D eigenvalue weighted by molar-refractivity contribution is 5.29. The van der Waals surface area contributed by atoms with Crippen LogP contribution in [0.1, 0.15) is 30.3 Å². The number of nitrogens with zero attached hydrogens (tertiary/aromatic N) is 2. The fourth-order valence-electron chi connectivity index (χ4n) is 1.56. The summed E-state index contributed by atoms with van der Waals surface area (Å²) in [5.74, 6) is 0.457. The number of aromatic nitrogens is 2. The normalized spacial score (nSPS) is 12.4. The number of rotatable bonds is 5. The van der Waals surface area contributed by atoms with Crippen LogP contribution in [0.15, 0.2) is 22.7 Å². The number of hydrogen-bond donors (Lipinski definition) is 0. The third-order valence-electron chi connectivity index (χ3n) is 2.50. The Balaban J connectivity index is 2.11. The molecule has 0 aliphatic rings. The Morgan fingerprint density at radius 3 is 2.95 bits per heavy atom. The summed E-state index contributed by atoms with van der Waals surface area (Å²) in [4.78, 5) is 4.10. The lowest BCUT2D eigenvalue weighted by atomic mass is 10.2. The molecular weight excluding hydrogens is 251 g/mol. The summed E-state index contributed by atoms with van der Waals surface area (Å²) < 4.78 is 29.0. The van der Waals surface area contributed by atoms with Crippen molar-refractivity contribution < 1.29 is 18.4 Å². The molecule has 1 aromatic carbocycles. The first kappa shape index (κ1) is 13.5. The minimum absolute atomic E-state index is 0.166. The highest BCUT2D eigenvalue weighted by Gasteiger charge is 2.17. The molecule has 6 heteroatoms. The third kappa shape index (κ3) is 3.29. The molecule has 0 aliphatic heterocycles. The molecule has 0 radical (unpaired) electrons. The van der Waals surface area contributed by atoms with E-state index in [9.17, 15) is 4.39 Å². The SMILES string of the molecule is COCc1noc([C@@H](C)Oc2cc(C)ccc2F)n1. The van der Waals surface area contributed by atoms with Crippen LogP contribution in [0.2, 0.25) is 0 Å². The predicted octanol–water partition coefficient (Wildman–Crippen LogP) is 2.80. The lowest BCUT2D eigenvalue weighted by Gasteiger charge is -2.11. The summed E-state index contributed by atoms with van der Waals surface area (Å²) in [5.41, 5.74) is 0.911. The molecule has 0 unspecified atom stereocenters. The molecule has 1 aromatic heterocycles. The molecule has 2 aromatic rings. The molecule has 0 fully saturated rings. The second-order valence-electron chi connectivity index (χ2n) is 4.18. The maximum atomic E-state index is 13.6. The van der Waals surface area contributed by atoms with Gasteiger partial charge in [0, 0.05) is 7.11 Å². The van der Waals surface area contributed by atoms with E-state index in [0.717, 1.165) is 5.56 Å². The summed E-state index contributed by atoms with van der Waals surface area (Å²) in [6, 6.07) is 4.66. The van der Waals surface area contributed by atoms with Gasteiger partial charge >= 0.3 is 0 Å². The Labute approximate surface area is 110 Å². The molecule has 0 aliphatic carbocycles. The molecule has 0 saturated heterocycles. The first-order valence-electron chi connectivity index (χ1n) is 5.84. The van der Waals surface area contributed by atoms with Gasteiger partial charge < -0.3 is 14.0 Å². The highest BCUT2D eigenvalue weighted by atomic mass is 19.1. The fourth-order valence-corrected chi connectivity index (χ4v) is 1.56. The van der Waals surface area contributed by atoms with Gasteiger partial charge in [-0.25, -0.2) is 4.39 Å². The number of aryl methyl sites for hydroxylation is 1. The Morgan fingerprint density at radius 2 is 2.21 bits per heavy atom. The van der Waals surface area contributed by atoms with E-state index in [-0.39, 0.29) is 18.2 Å². The largest absolute Gasteiger partial charge is 0.478 e. The smallest absolute Gasteiger partial charge is 0.267 e. The van der Waals surface area contributed by atoms with E-state index in [0.29, 0.717) is 5.82 Å². The zero-order chi connectivity index (χ0) is 13.8. The Kier molecular flexibility index (Phi) is 4.11. The molecule has 0 saturated carbocycles. The van der Waals surface area contributed by atoms with Gasteiger partial charge in [-0.05, 0) is 31.5 Å². The predicted molar refractivity (Wildman–Crippen MR) is 65.2 cm³/mol. The molecule has 2 rings (SSSR count). The number of methoxy groups -OCH3 is 1. The minimum Gasteiger partial charge on any atom is -0.478 e. The Bertz CT molecular complexity index is 557. The van der Waals surface area contributed by atoms with E-state index in [1.165, 1.54) is 13.2 Å². The lowest BCUT2D eigenvalue weighted by Crippen LogP contribution is -2.05. The average molecular weight is 266 g/mol. The van der Waals surface area contributed by atoms with Crippen LogP contribution in [0.25, 0.3) is 0 Å². The second kappa shape index (κ2) is 5.79. The van der Waals surface area contributed by atoms with Gasteiger partial charge in [0.1, 0.15) is 6.61 Å². The van der Waals surface area contributed by atoms with Gasteiger partial charge in [0.2, 0.25) is 0 Å². The van der Waals surface area contributed by atoms with Crippen LogP contribution in [0.3, 0.4) is 0 Å². The maximum Gasteiger partial charge on any atom is 0.267 e. The van der Waals surface area contributed by atoms with E-state index in [4.69, 9.17) is 14.0 Å². The lowest BCUT2D eigenvalue weighted by molar-refractivity contribution is 0.165. The number of benzene rings is 1. The van der Waals surface area contributed by atoms with Crippen molar-refractivity contribution in [2.75, 3.05) is 7.11 Å². The summed E-state index contributed by atoms with van der Waals surface area (Å²) in [6.07, 6.45) is -0.533. The summed E-state index contributed by atoms with van der Waals surface area (Å²) >= 11 is 0. The molecule has 0 spiro atoms. The number of hydrogen-bond acceptors (Lipinski definition) is 5. The molecule has 0 bridgehead atoms. The van der Waals surface area contributed by atoms with Gasteiger partial charge in [-0.15, -0.1) is 0 Å². The van der Waals surface area contributed by atoms with Crippen molar-refractivity contribution in [2.45, 2.75) is 26.6 Å². The zero-order valence-corrected chi connectivity index (χ0v) is 11.0. The van der Waals surface area contributed by atoms with Crippen molar-refractivity contribution in [3.63, 3.8) is 0 Å². The van der Waals surface area contributed by atoms with Gasteiger partial charge in [0.05, 0.1) is 0 Å². The van der Waals surface area contributed by atoms with Crippen molar-refractivity contribution >= 4 is 0 Å². The first-order chi connectivity index (χ1) is 9.10. The van der Waals surface area contributed by atoms with Gasteiger partial charge in [-0.2, -0.15) is 4.98 Å². The van der Waals surface area contributed by atoms with E-state index in [2.05, 4.69) is 10.1 Å². The van der Waals surface area contributed by atoms with Gasteiger partial charge in [0.25, 0.3) is 5.89 Å². The van der Waals surface area contributed by atoms with Gasteiger partial charge in [-0.3, -0.25) is 0 Å². The van der Waals surface area contributed by atoms with Crippen LogP contribution in [-0.4, -0.2) is 17.3 Å². The molecule has 1 atom stereocenters. The van der Waals surface area contributed by atoms with E-state index >= 15 is 0 Å². The fraction of sp³-hybridized carbons (Fsp3) is 0.385. The third-order valence-corrected chi connectivity index (χ3v) is 2.50. The molecular formula is C13H15FN2O3. The van der Waals surface area contributed by atoms with Crippen molar-refractivity contribution in [3.05, 3.63) is 41.3 Å². The summed E-state index contributed by atoms with van der Waals surface area (Å²) in [5, 5.41) is 3.72. The Morgan fingerprint density at radius 1 is 1.42 bits per heavy atom. The van der Waals surface area contributed by atoms with Crippen LogP contribution in [-0.2, 0) is 11.3 Å². The monoisotopic (exact) mass is 266 g/mol. The van der Waals surface area contributed by atoms with E-state index < -0.39 is 11.9 Å². The molecule has 1 heterocycles. The molecule has 0 amide bonds. The quantitative estimate of drug-likeness (QED) is 0.832. The first-order valence-corrected chi connectivity index (χ1v) is 5.84. The van der Waals surface area contributed by atoms with Crippen molar-refractivity contribution in [1.29, 1.82) is 0 Å². The van der Waals surface area contributed by atoms with Crippen LogP contribution < -0.4 is 4.74 Å². The minimum atomic E-state index is -0.533. The molecule has 102 valence electrons. The highest BCUT2D eigenvalue weighted by Crippen LogP contribution is 2.24. The second-order valence-corrected chi connectivity index (χ2v) is 4.18. The van der Waals surface area contributed by atoms with Gasteiger partial charge in [-0.1, -0.05) is 11.2 Å². The maximum absolute atomic E-state index is 13.6. The topological polar surface area (TPSA) is 57.4 Å².